The zero-order chi connectivity index (χ0) is 14.7. The van der Waals surface area contributed by atoms with Gasteiger partial charge >= 0.3 is 0 Å². The van der Waals surface area contributed by atoms with Crippen molar-refractivity contribution in [3.8, 4) is 0 Å². The van der Waals surface area contributed by atoms with E-state index < -0.39 is 0 Å². The molecule has 1 atom stereocenters. The maximum Gasteiger partial charge on any atom is 0.245 e. The number of hydrogen-bond acceptors (Lipinski definition) is 5. The van der Waals surface area contributed by atoms with Crippen LogP contribution in [0.4, 0.5) is 0 Å². The highest BCUT2D eigenvalue weighted by molar-refractivity contribution is 7.10. The second-order valence-electron chi connectivity index (χ2n) is 5.59. The van der Waals surface area contributed by atoms with Crippen molar-refractivity contribution in [3.05, 3.63) is 21.9 Å². The first-order valence-corrected chi connectivity index (χ1v) is 8.50. The molecule has 2 fully saturated rings. The summed E-state index contributed by atoms with van der Waals surface area (Å²) in [5.74, 6) is 0.241. The van der Waals surface area contributed by atoms with Gasteiger partial charge in [0.2, 0.25) is 5.91 Å². The van der Waals surface area contributed by atoms with Crippen LogP contribution in [0.15, 0.2) is 11.4 Å². The zero-order valence-electron chi connectivity index (χ0n) is 12.5. The smallest absolute Gasteiger partial charge is 0.245 e. The highest BCUT2D eigenvalue weighted by atomic mass is 32.1. The van der Waals surface area contributed by atoms with Crippen LogP contribution in [0.3, 0.4) is 0 Å². The topological polar surface area (TPSA) is 44.8 Å². The van der Waals surface area contributed by atoms with Gasteiger partial charge in [-0.2, -0.15) is 0 Å². The van der Waals surface area contributed by atoms with Gasteiger partial charge in [-0.15, -0.1) is 11.3 Å². The largest absolute Gasteiger partial charge is 0.378 e. The molecule has 1 unspecified atom stereocenters. The van der Waals surface area contributed by atoms with Crippen LogP contribution in [0.1, 0.15) is 16.5 Å². The van der Waals surface area contributed by atoms with Crippen LogP contribution in [0.2, 0.25) is 0 Å². The molecule has 3 rings (SSSR count). The minimum atomic E-state index is -0.120. The van der Waals surface area contributed by atoms with Crippen LogP contribution in [-0.2, 0) is 9.53 Å². The summed E-state index contributed by atoms with van der Waals surface area (Å²) in [4.78, 5) is 18.6. The number of ether oxygens (including phenoxy) is 1. The predicted octanol–water partition coefficient (Wildman–Crippen LogP) is 0.862. The molecule has 116 valence electrons. The minimum Gasteiger partial charge on any atom is -0.378 e. The van der Waals surface area contributed by atoms with Gasteiger partial charge < -0.3 is 15.0 Å². The van der Waals surface area contributed by atoms with Crippen molar-refractivity contribution in [1.29, 1.82) is 0 Å². The fraction of sp³-hybridized carbons (Fsp3) is 0.667. The van der Waals surface area contributed by atoms with E-state index >= 15 is 0 Å². The predicted molar refractivity (Wildman–Crippen MR) is 83.6 cm³/mol. The van der Waals surface area contributed by atoms with Crippen molar-refractivity contribution >= 4 is 17.2 Å². The standard InChI is InChI=1S/C15H23N3O2S/c1-12-2-11-21-14(12)13(17-5-3-16-4-6-17)15(19)18-7-9-20-10-8-18/h2,11,13,16H,3-10H2,1H3. The van der Waals surface area contributed by atoms with Crippen molar-refractivity contribution in [3.63, 3.8) is 0 Å². The average Bonchev–Trinajstić information content (AvgIpc) is 2.95. The van der Waals surface area contributed by atoms with Crippen LogP contribution < -0.4 is 5.32 Å². The lowest BCUT2D eigenvalue weighted by atomic mass is 10.1. The molecular weight excluding hydrogens is 286 g/mol. The summed E-state index contributed by atoms with van der Waals surface area (Å²) in [7, 11) is 0. The van der Waals surface area contributed by atoms with Gasteiger partial charge in [-0.25, -0.2) is 0 Å². The molecule has 3 heterocycles. The van der Waals surface area contributed by atoms with E-state index in [0.29, 0.717) is 26.3 Å². The number of carbonyl (C=O) groups excluding carboxylic acids is 1. The molecule has 1 aromatic heterocycles. The number of amides is 1. The fourth-order valence-electron chi connectivity index (χ4n) is 3.00. The molecule has 0 saturated carbocycles. The van der Waals surface area contributed by atoms with Gasteiger partial charge in [0.15, 0.2) is 0 Å². The van der Waals surface area contributed by atoms with Gasteiger partial charge in [-0.3, -0.25) is 9.69 Å². The van der Waals surface area contributed by atoms with Crippen molar-refractivity contribution in [2.45, 2.75) is 13.0 Å². The fourth-order valence-corrected chi connectivity index (χ4v) is 4.05. The molecule has 0 aromatic carbocycles. The lowest BCUT2D eigenvalue weighted by Crippen LogP contribution is -2.52. The molecule has 2 aliphatic rings. The van der Waals surface area contributed by atoms with E-state index in [1.807, 2.05) is 4.90 Å². The number of morpholine rings is 1. The quantitative estimate of drug-likeness (QED) is 0.899. The zero-order valence-corrected chi connectivity index (χ0v) is 13.3. The summed E-state index contributed by atoms with van der Waals surface area (Å²) in [6.07, 6.45) is 0. The maximum absolute atomic E-state index is 13.1. The molecule has 0 bridgehead atoms. The van der Waals surface area contributed by atoms with Crippen molar-refractivity contribution in [2.24, 2.45) is 0 Å². The minimum absolute atomic E-state index is 0.120. The summed E-state index contributed by atoms with van der Waals surface area (Å²) in [5, 5.41) is 5.45. The summed E-state index contributed by atoms with van der Waals surface area (Å²) in [6, 6.07) is 1.99. The van der Waals surface area contributed by atoms with E-state index in [2.05, 4.69) is 28.6 Å². The van der Waals surface area contributed by atoms with Gasteiger partial charge in [0, 0.05) is 44.1 Å². The highest BCUT2D eigenvalue weighted by Crippen LogP contribution is 2.31. The van der Waals surface area contributed by atoms with E-state index in [1.165, 1.54) is 10.4 Å². The van der Waals surface area contributed by atoms with E-state index in [9.17, 15) is 4.79 Å². The molecule has 5 nitrogen and oxygen atoms in total. The third kappa shape index (κ3) is 3.29. The second-order valence-corrected chi connectivity index (χ2v) is 6.54. The van der Waals surface area contributed by atoms with Crippen molar-refractivity contribution in [2.75, 3.05) is 52.5 Å². The van der Waals surface area contributed by atoms with E-state index in [1.54, 1.807) is 11.3 Å². The Bertz CT molecular complexity index is 479. The van der Waals surface area contributed by atoms with Crippen molar-refractivity contribution in [1.82, 2.24) is 15.1 Å². The van der Waals surface area contributed by atoms with Crippen LogP contribution in [0.5, 0.6) is 0 Å². The van der Waals surface area contributed by atoms with E-state index in [4.69, 9.17) is 4.74 Å². The molecule has 1 N–H and O–H groups in total. The molecule has 2 saturated heterocycles. The van der Waals surface area contributed by atoms with Gasteiger partial charge in [0.1, 0.15) is 6.04 Å². The Hall–Kier alpha value is -0.950. The molecule has 6 heteroatoms. The third-order valence-electron chi connectivity index (χ3n) is 4.22. The number of hydrogen-bond donors (Lipinski definition) is 1. The monoisotopic (exact) mass is 309 g/mol. The van der Waals surface area contributed by atoms with Gasteiger partial charge in [0.05, 0.1) is 13.2 Å². The Labute approximate surface area is 129 Å². The third-order valence-corrected chi connectivity index (χ3v) is 5.29. The van der Waals surface area contributed by atoms with E-state index in [0.717, 1.165) is 26.2 Å². The number of carbonyl (C=O) groups is 1. The van der Waals surface area contributed by atoms with Crippen LogP contribution in [0, 0.1) is 6.92 Å². The number of thiophene rings is 1. The number of aryl methyl sites for hydroxylation is 1. The molecule has 2 aliphatic heterocycles. The second kappa shape index (κ2) is 6.87. The van der Waals surface area contributed by atoms with E-state index in [-0.39, 0.29) is 11.9 Å². The first-order valence-electron chi connectivity index (χ1n) is 7.62. The first-order chi connectivity index (χ1) is 10.3. The number of piperazine rings is 1. The molecule has 1 amide bonds. The summed E-state index contributed by atoms with van der Waals surface area (Å²) in [6.45, 7) is 8.61. The number of nitrogens with zero attached hydrogens (tertiary/aromatic N) is 2. The summed E-state index contributed by atoms with van der Waals surface area (Å²) in [5.41, 5.74) is 1.23. The van der Waals surface area contributed by atoms with Gasteiger partial charge in [-0.05, 0) is 23.9 Å². The molecule has 0 aliphatic carbocycles. The molecular formula is C15H23N3O2S. The Balaban J connectivity index is 1.84. The van der Waals surface area contributed by atoms with Crippen LogP contribution in [0.25, 0.3) is 0 Å². The SMILES string of the molecule is Cc1ccsc1C(C(=O)N1CCOCC1)N1CCNCC1. The molecule has 21 heavy (non-hydrogen) atoms. The highest BCUT2D eigenvalue weighted by Gasteiger charge is 2.34. The average molecular weight is 309 g/mol. The lowest BCUT2D eigenvalue weighted by molar-refractivity contribution is -0.141. The van der Waals surface area contributed by atoms with Gasteiger partial charge in [-0.1, -0.05) is 0 Å². The number of rotatable bonds is 3. The first kappa shape index (κ1) is 15.0. The maximum atomic E-state index is 13.1. The lowest BCUT2D eigenvalue weighted by Gasteiger charge is -2.38. The Morgan fingerprint density at radius 3 is 2.62 bits per heavy atom. The van der Waals surface area contributed by atoms with Crippen molar-refractivity contribution < 1.29 is 9.53 Å². The Kier molecular flexibility index (Phi) is 4.90. The molecule has 1 aromatic rings. The van der Waals surface area contributed by atoms with Crippen LogP contribution in [-0.4, -0.2) is 68.2 Å². The molecule has 0 radical (unpaired) electrons. The molecule has 0 spiro atoms. The Morgan fingerprint density at radius 1 is 1.29 bits per heavy atom. The summed E-state index contributed by atoms with van der Waals surface area (Å²) >= 11 is 1.70. The number of nitrogens with one attached hydrogen (secondary N) is 1. The summed E-state index contributed by atoms with van der Waals surface area (Å²) < 4.78 is 5.37. The normalized spacial score (nSPS) is 22.2. The van der Waals surface area contributed by atoms with Gasteiger partial charge in [0.25, 0.3) is 0 Å². The Morgan fingerprint density at radius 2 is 2.00 bits per heavy atom. The van der Waals surface area contributed by atoms with Crippen LogP contribution >= 0.6 is 11.3 Å².